The van der Waals surface area contributed by atoms with Gasteiger partial charge in [-0.1, -0.05) is 11.2 Å². The molecule has 3 N–H and O–H groups in total. The van der Waals surface area contributed by atoms with Gasteiger partial charge in [-0.25, -0.2) is 13.2 Å². The zero-order chi connectivity index (χ0) is 22.2. The summed E-state index contributed by atoms with van der Waals surface area (Å²) in [5, 5.41) is 21.6. The van der Waals surface area contributed by atoms with Crippen molar-refractivity contribution in [2.75, 3.05) is 11.1 Å². The molecule has 1 saturated carbocycles. The Morgan fingerprint density at radius 3 is 2.61 bits per heavy atom. The smallest absolute Gasteiger partial charge is 0.450 e. The number of sulfone groups is 1. The van der Waals surface area contributed by atoms with E-state index in [1.54, 1.807) is 0 Å². The van der Waals surface area contributed by atoms with E-state index in [1.165, 1.54) is 11.3 Å². The molecule has 0 spiro atoms. The Bertz CT molecular complexity index is 1160. The number of carbonyl (C=O) groups is 2. The van der Waals surface area contributed by atoms with E-state index >= 15 is 0 Å². The Balaban J connectivity index is 0.000000535. The third-order valence-corrected chi connectivity index (χ3v) is 8.15. The van der Waals surface area contributed by atoms with Crippen LogP contribution in [-0.2, 0) is 26.8 Å². The highest BCUT2D eigenvalue weighted by atomic mass is 32.2. The number of carboxylic acid groups (broad SMARTS) is 2. The van der Waals surface area contributed by atoms with Crippen LogP contribution in [-0.4, -0.2) is 46.6 Å². The number of anilines is 1. The van der Waals surface area contributed by atoms with Gasteiger partial charge in [0, 0.05) is 16.4 Å². The SMILES string of the molecule is O=C(Nc1sc2c(c1-c1nc(C3CC3)no1)CCS(=O)(=O)C2)C1=CCCC1.O=C(O)O. The lowest BCUT2D eigenvalue weighted by atomic mass is 10.1. The molecule has 0 radical (unpaired) electrons. The minimum absolute atomic E-state index is 0.00217. The average Bonchev–Trinajstić information content (AvgIpc) is 3.07. The Morgan fingerprint density at radius 2 is 1.97 bits per heavy atom. The van der Waals surface area contributed by atoms with Crippen LogP contribution in [0.25, 0.3) is 11.5 Å². The summed E-state index contributed by atoms with van der Waals surface area (Å²) < 4.78 is 29.6. The summed E-state index contributed by atoms with van der Waals surface area (Å²) in [7, 11) is -3.10. The summed E-state index contributed by atoms with van der Waals surface area (Å²) in [5.74, 6) is 1.42. The zero-order valence-corrected chi connectivity index (χ0v) is 18.1. The molecule has 0 unspecified atom stereocenters. The van der Waals surface area contributed by atoms with Gasteiger partial charge in [0.05, 0.1) is 17.1 Å². The van der Waals surface area contributed by atoms with Crippen LogP contribution < -0.4 is 5.32 Å². The highest BCUT2D eigenvalue weighted by Crippen LogP contribution is 2.45. The summed E-state index contributed by atoms with van der Waals surface area (Å²) in [4.78, 5) is 26.5. The maximum Gasteiger partial charge on any atom is 0.503 e. The summed E-state index contributed by atoms with van der Waals surface area (Å²) in [6, 6.07) is 0. The molecule has 0 aromatic carbocycles. The third kappa shape index (κ3) is 4.96. The molecule has 10 nitrogen and oxygen atoms in total. The molecule has 2 aromatic rings. The first-order valence-corrected chi connectivity index (χ1v) is 12.5. The van der Waals surface area contributed by atoms with Gasteiger partial charge in [0.15, 0.2) is 15.7 Å². The number of aromatic nitrogens is 2. The highest BCUT2D eigenvalue weighted by Gasteiger charge is 2.34. The van der Waals surface area contributed by atoms with Crippen LogP contribution in [0, 0.1) is 0 Å². The molecule has 12 heteroatoms. The van der Waals surface area contributed by atoms with Crippen LogP contribution in [0.15, 0.2) is 16.2 Å². The quantitative estimate of drug-likeness (QED) is 0.612. The predicted octanol–water partition coefficient (Wildman–Crippen LogP) is 3.42. The van der Waals surface area contributed by atoms with Crippen molar-refractivity contribution in [1.82, 2.24) is 10.1 Å². The minimum Gasteiger partial charge on any atom is -0.450 e. The second-order valence-electron chi connectivity index (χ2n) is 7.64. The molecule has 0 bridgehead atoms. The van der Waals surface area contributed by atoms with Gasteiger partial charge in [-0.2, -0.15) is 4.98 Å². The zero-order valence-electron chi connectivity index (χ0n) is 16.5. The summed E-state index contributed by atoms with van der Waals surface area (Å²) in [6.45, 7) is 0. The monoisotopic (exact) mass is 467 g/mol. The van der Waals surface area contributed by atoms with E-state index in [4.69, 9.17) is 19.5 Å². The molecule has 2 aromatic heterocycles. The Labute approximate surface area is 181 Å². The number of thiophene rings is 1. The first-order chi connectivity index (χ1) is 14.7. The van der Waals surface area contributed by atoms with Crippen molar-refractivity contribution in [3.8, 4) is 11.5 Å². The van der Waals surface area contributed by atoms with Crippen molar-refractivity contribution < 1.29 is 32.7 Å². The van der Waals surface area contributed by atoms with Crippen LogP contribution in [0.4, 0.5) is 9.80 Å². The van der Waals surface area contributed by atoms with Gasteiger partial charge in [-0.15, -0.1) is 11.3 Å². The number of allylic oxidation sites excluding steroid dienone is 1. The number of nitrogens with zero attached hydrogens (tertiary/aromatic N) is 2. The molecule has 5 rings (SSSR count). The van der Waals surface area contributed by atoms with Crippen molar-refractivity contribution in [3.63, 3.8) is 0 Å². The van der Waals surface area contributed by atoms with Gasteiger partial charge in [-0.05, 0) is 44.1 Å². The second kappa shape index (κ2) is 8.42. The Hall–Kier alpha value is -2.73. The summed E-state index contributed by atoms with van der Waals surface area (Å²) in [5.41, 5.74) is 2.40. The lowest BCUT2D eigenvalue weighted by Crippen LogP contribution is -2.17. The lowest BCUT2D eigenvalue weighted by molar-refractivity contribution is -0.112. The standard InChI is InChI=1S/C18H19N3O4S2.CH2O3/c22-16(11-3-1-2-4-11)20-18-14(17-19-15(21-25-17)10-5-6-10)12-7-8-27(23,24)9-13(12)26-18;2-1(3)4/h3,10H,1-2,4-9H2,(H,20,22);(H2,2,3,4). The number of hydrogen-bond donors (Lipinski definition) is 3. The van der Waals surface area contributed by atoms with E-state index in [1.807, 2.05) is 6.08 Å². The van der Waals surface area contributed by atoms with Crippen molar-refractivity contribution in [1.29, 1.82) is 0 Å². The van der Waals surface area contributed by atoms with E-state index in [2.05, 4.69) is 15.5 Å². The van der Waals surface area contributed by atoms with E-state index in [0.29, 0.717) is 34.6 Å². The number of hydrogen-bond acceptors (Lipinski definition) is 8. The topological polar surface area (TPSA) is 160 Å². The van der Waals surface area contributed by atoms with Crippen molar-refractivity contribution in [2.24, 2.45) is 0 Å². The van der Waals surface area contributed by atoms with Gasteiger partial charge < -0.3 is 20.1 Å². The summed E-state index contributed by atoms with van der Waals surface area (Å²) >= 11 is 1.31. The highest BCUT2D eigenvalue weighted by molar-refractivity contribution is 7.90. The second-order valence-corrected chi connectivity index (χ2v) is 10.9. The number of carbonyl (C=O) groups excluding carboxylic acids is 1. The van der Waals surface area contributed by atoms with Gasteiger partial charge >= 0.3 is 6.16 Å². The molecule has 31 heavy (non-hydrogen) atoms. The van der Waals surface area contributed by atoms with Crippen molar-refractivity contribution >= 4 is 38.2 Å². The van der Waals surface area contributed by atoms with Crippen molar-refractivity contribution in [3.05, 3.63) is 27.9 Å². The Morgan fingerprint density at radius 1 is 1.23 bits per heavy atom. The van der Waals surface area contributed by atoms with E-state index in [0.717, 1.165) is 48.1 Å². The molecule has 0 atom stereocenters. The normalized spacial score (nSPS) is 19.0. The van der Waals surface area contributed by atoms with Crippen LogP contribution >= 0.6 is 11.3 Å². The molecule has 3 heterocycles. The molecular formula is C19H21N3O7S2. The van der Waals surface area contributed by atoms with Crippen LogP contribution in [0.2, 0.25) is 0 Å². The lowest BCUT2D eigenvalue weighted by Gasteiger charge is -2.12. The van der Waals surface area contributed by atoms with Gasteiger partial charge in [0.2, 0.25) is 0 Å². The first kappa shape index (κ1) is 21.5. The largest absolute Gasteiger partial charge is 0.503 e. The molecule has 1 aliphatic heterocycles. The van der Waals surface area contributed by atoms with Gasteiger partial charge in [0.1, 0.15) is 5.00 Å². The van der Waals surface area contributed by atoms with Crippen LogP contribution in [0.3, 0.4) is 0 Å². The number of amides is 1. The van der Waals surface area contributed by atoms with Gasteiger partial charge in [-0.3, -0.25) is 4.79 Å². The van der Waals surface area contributed by atoms with E-state index in [9.17, 15) is 13.2 Å². The molecule has 3 aliphatic rings. The third-order valence-electron chi connectivity index (χ3n) is 5.26. The molecule has 1 amide bonds. The molecule has 1 fully saturated rings. The van der Waals surface area contributed by atoms with E-state index in [-0.39, 0.29) is 17.4 Å². The average molecular weight is 468 g/mol. The molecule has 0 saturated heterocycles. The number of nitrogens with one attached hydrogen (secondary N) is 1. The van der Waals surface area contributed by atoms with Gasteiger partial charge in [0.25, 0.3) is 11.8 Å². The minimum atomic E-state index is -3.10. The van der Waals surface area contributed by atoms with Crippen molar-refractivity contribution in [2.45, 2.75) is 50.2 Å². The fraction of sp³-hybridized carbons (Fsp3) is 0.474. The molecule has 2 aliphatic carbocycles. The molecule has 166 valence electrons. The Kier molecular flexibility index (Phi) is 5.84. The van der Waals surface area contributed by atoms with Crippen LogP contribution in [0.5, 0.6) is 0 Å². The predicted molar refractivity (Wildman–Crippen MR) is 112 cm³/mol. The van der Waals surface area contributed by atoms with E-state index < -0.39 is 16.0 Å². The number of fused-ring (bicyclic) bond motifs is 1. The number of rotatable bonds is 4. The molecular weight excluding hydrogens is 446 g/mol. The fourth-order valence-corrected chi connectivity index (χ4v) is 6.68. The maximum atomic E-state index is 12.6. The van der Waals surface area contributed by atoms with Crippen LogP contribution in [0.1, 0.15) is 54.3 Å². The fourth-order valence-electron chi connectivity index (χ4n) is 3.64. The summed E-state index contributed by atoms with van der Waals surface area (Å²) in [6.07, 6.45) is 5.35. The maximum absolute atomic E-state index is 12.6. The first-order valence-electron chi connectivity index (χ1n) is 9.84.